The van der Waals surface area contributed by atoms with Gasteiger partial charge >= 0.3 is 6.03 Å². The Morgan fingerprint density at radius 3 is 2.37 bits per heavy atom. The van der Waals surface area contributed by atoms with Gasteiger partial charge in [0.25, 0.3) is 0 Å². The molecule has 27 heavy (non-hydrogen) atoms. The van der Waals surface area contributed by atoms with Gasteiger partial charge in [0.1, 0.15) is 0 Å². The molecule has 2 saturated heterocycles. The Kier molecular flexibility index (Phi) is 4.74. The molecule has 0 radical (unpaired) electrons. The predicted molar refractivity (Wildman–Crippen MR) is 107 cm³/mol. The second kappa shape index (κ2) is 7.06. The molecule has 1 N–H and O–H groups in total. The average molecular weight is 370 g/mol. The van der Waals surface area contributed by atoms with Crippen molar-refractivity contribution in [3.8, 4) is 0 Å². The molecule has 3 fully saturated rings. The Morgan fingerprint density at radius 1 is 1.11 bits per heavy atom. The zero-order chi connectivity index (χ0) is 19.0. The summed E-state index contributed by atoms with van der Waals surface area (Å²) >= 11 is 0. The molecule has 1 aliphatic carbocycles. The number of nitrogens with one attached hydrogen (secondary N) is 1. The summed E-state index contributed by atoms with van der Waals surface area (Å²) < 4.78 is 0. The number of carbonyl (C=O) groups is 2. The number of amides is 3. The van der Waals surface area contributed by atoms with Gasteiger partial charge in [-0.2, -0.15) is 0 Å². The number of carbonyl (C=O) groups excluding carboxylic acids is 2. The van der Waals surface area contributed by atoms with Crippen LogP contribution in [0.4, 0.5) is 16.2 Å². The molecule has 1 spiro atoms. The smallest absolute Gasteiger partial charge is 0.321 e. The number of urea groups is 1. The topological polar surface area (TPSA) is 55.9 Å². The van der Waals surface area contributed by atoms with E-state index in [9.17, 15) is 9.59 Å². The van der Waals surface area contributed by atoms with Crippen LogP contribution in [0.5, 0.6) is 0 Å². The number of hydrogen-bond acceptors (Lipinski definition) is 3. The lowest BCUT2D eigenvalue weighted by atomic mass is 9.72. The maximum atomic E-state index is 12.6. The van der Waals surface area contributed by atoms with Crippen molar-refractivity contribution in [2.75, 3.05) is 43.9 Å². The summed E-state index contributed by atoms with van der Waals surface area (Å²) in [6.07, 6.45) is 6.00. The van der Waals surface area contributed by atoms with Crippen LogP contribution in [0.3, 0.4) is 0 Å². The third kappa shape index (κ3) is 3.89. The lowest BCUT2D eigenvalue weighted by Gasteiger charge is -2.47. The van der Waals surface area contributed by atoms with Gasteiger partial charge in [-0.05, 0) is 61.8 Å². The van der Waals surface area contributed by atoms with Crippen molar-refractivity contribution in [2.24, 2.45) is 5.41 Å². The van der Waals surface area contributed by atoms with Crippen LogP contribution in [0.15, 0.2) is 24.3 Å². The fraction of sp³-hybridized carbons (Fsp3) is 0.619. The highest BCUT2D eigenvalue weighted by Gasteiger charge is 2.45. The molecule has 1 aromatic carbocycles. The van der Waals surface area contributed by atoms with Crippen LogP contribution in [0.1, 0.15) is 38.5 Å². The lowest BCUT2D eigenvalue weighted by Crippen LogP contribution is -2.53. The van der Waals surface area contributed by atoms with E-state index in [4.69, 9.17) is 0 Å². The molecule has 0 aromatic heterocycles. The van der Waals surface area contributed by atoms with Gasteiger partial charge in [-0.15, -0.1) is 0 Å². The van der Waals surface area contributed by atoms with E-state index in [0.717, 1.165) is 50.3 Å². The standard InChI is InChI=1S/C21H30N4O2/c1-23(2)17-5-3-16(4-6-17)22-20(27)24-13-11-21(12-14-24)10-9-19(26)25(15-21)18-7-8-18/h3-6,18H,7-15H2,1-2H3,(H,22,27). The molecule has 6 heteroatoms. The van der Waals surface area contributed by atoms with Gasteiger partial charge in [0.05, 0.1) is 0 Å². The number of nitrogens with zero attached hydrogens (tertiary/aromatic N) is 3. The Balaban J connectivity index is 1.32. The van der Waals surface area contributed by atoms with Gasteiger partial charge < -0.3 is 20.0 Å². The van der Waals surface area contributed by atoms with Crippen molar-refractivity contribution in [3.05, 3.63) is 24.3 Å². The van der Waals surface area contributed by atoms with Crippen molar-refractivity contribution in [1.82, 2.24) is 9.80 Å². The fourth-order valence-electron chi connectivity index (χ4n) is 4.40. The van der Waals surface area contributed by atoms with E-state index in [1.165, 1.54) is 12.8 Å². The molecule has 6 nitrogen and oxygen atoms in total. The van der Waals surface area contributed by atoms with Crippen LogP contribution >= 0.6 is 0 Å². The Labute approximate surface area is 161 Å². The minimum Gasteiger partial charge on any atom is -0.378 e. The lowest BCUT2D eigenvalue weighted by molar-refractivity contribution is -0.139. The van der Waals surface area contributed by atoms with Gasteiger partial charge in [0.15, 0.2) is 0 Å². The van der Waals surface area contributed by atoms with Gasteiger partial charge in [0.2, 0.25) is 5.91 Å². The van der Waals surface area contributed by atoms with E-state index < -0.39 is 0 Å². The summed E-state index contributed by atoms with van der Waals surface area (Å²) in [4.78, 5) is 30.9. The molecule has 1 saturated carbocycles. The summed E-state index contributed by atoms with van der Waals surface area (Å²) in [5, 5.41) is 3.02. The van der Waals surface area contributed by atoms with Gasteiger partial charge in [-0.3, -0.25) is 4.79 Å². The quantitative estimate of drug-likeness (QED) is 0.889. The minimum absolute atomic E-state index is 0.0200. The van der Waals surface area contributed by atoms with Crippen molar-refractivity contribution >= 4 is 23.3 Å². The molecule has 2 aliphatic heterocycles. The van der Waals surface area contributed by atoms with E-state index in [1.54, 1.807) is 0 Å². The largest absolute Gasteiger partial charge is 0.378 e. The molecular weight excluding hydrogens is 340 g/mol. The zero-order valence-corrected chi connectivity index (χ0v) is 16.4. The highest BCUT2D eigenvalue weighted by Crippen LogP contribution is 2.43. The summed E-state index contributed by atoms with van der Waals surface area (Å²) in [7, 11) is 4.00. The van der Waals surface area contributed by atoms with Crippen LogP contribution in [0.2, 0.25) is 0 Å². The number of rotatable bonds is 3. The Morgan fingerprint density at radius 2 is 1.78 bits per heavy atom. The van der Waals surface area contributed by atoms with Gasteiger partial charge in [-0.25, -0.2) is 4.79 Å². The van der Waals surface area contributed by atoms with Gasteiger partial charge in [0, 0.05) is 57.6 Å². The highest BCUT2D eigenvalue weighted by atomic mass is 16.2. The molecule has 3 aliphatic rings. The SMILES string of the molecule is CN(C)c1ccc(NC(=O)N2CCC3(CCC(=O)N(C4CC4)C3)CC2)cc1. The van der Waals surface area contributed by atoms with Crippen LogP contribution in [0.25, 0.3) is 0 Å². The average Bonchev–Trinajstić information content (AvgIpc) is 3.50. The number of hydrogen-bond donors (Lipinski definition) is 1. The van der Waals surface area contributed by atoms with E-state index in [1.807, 2.05) is 48.2 Å². The molecule has 3 amide bonds. The summed E-state index contributed by atoms with van der Waals surface area (Å²) in [6, 6.07) is 8.38. The number of likely N-dealkylation sites (tertiary alicyclic amines) is 2. The molecule has 146 valence electrons. The summed E-state index contributed by atoms with van der Waals surface area (Å²) in [6.45, 7) is 2.45. The molecule has 1 aromatic rings. The third-order valence-corrected chi connectivity index (χ3v) is 6.43. The second-order valence-electron chi connectivity index (χ2n) is 8.61. The van der Waals surface area contributed by atoms with Crippen molar-refractivity contribution < 1.29 is 9.59 Å². The first-order valence-electron chi connectivity index (χ1n) is 10.1. The van der Waals surface area contributed by atoms with E-state index in [-0.39, 0.29) is 11.4 Å². The van der Waals surface area contributed by atoms with Crippen LogP contribution in [-0.2, 0) is 4.79 Å². The Bertz CT molecular complexity index is 703. The van der Waals surface area contributed by atoms with Crippen molar-refractivity contribution in [3.63, 3.8) is 0 Å². The van der Waals surface area contributed by atoms with Crippen molar-refractivity contribution in [1.29, 1.82) is 0 Å². The van der Waals surface area contributed by atoms with Crippen LogP contribution < -0.4 is 10.2 Å². The molecule has 0 bridgehead atoms. The van der Waals surface area contributed by atoms with Crippen LogP contribution in [0, 0.1) is 5.41 Å². The third-order valence-electron chi connectivity index (χ3n) is 6.43. The minimum atomic E-state index is -0.0200. The van der Waals surface area contributed by atoms with E-state index in [2.05, 4.69) is 10.2 Å². The summed E-state index contributed by atoms with van der Waals surface area (Å²) in [5.74, 6) is 0.337. The molecule has 4 rings (SSSR count). The number of piperidine rings is 2. The van der Waals surface area contributed by atoms with E-state index in [0.29, 0.717) is 18.4 Å². The Hall–Kier alpha value is -2.24. The number of benzene rings is 1. The maximum Gasteiger partial charge on any atom is 0.321 e. The predicted octanol–water partition coefficient (Wildman–Crippen LogP) is 3.15. The maximum absolute atomic E-state index is 12.6. The van der Waals surface area contributed by atoms with Crippen molar-refractivity contribution in [2.45, 2.75) is 44.6 Å². The molecule has 0 atom stereocenters. The first kappa shape index (κ1) is 18.1. The second-order valence-corrected chi connectivity index (χ2v) is 8.61. The monoisotopic (exact) mass is 370 g/mol. The van der Waals surface area contributed by atoms with E-state index >= 15 is 0 Å². The number of anilines is 2. The highest BCUT2D eigenvalue weighted by molar-refractivity contribution is 5.89. The molecule has 0 unspecified atom stereocenters. The van der Waals surface area contributed by atoms with Crippen LogP contribution in [-0.4, -0.2) is 61.5 Å². The molecule has 2 heterocycles. The zero-order valence-electron chi connectivity index (χ0n) is 16.4. The fourth-order valence-corrected chi connectivity index (χ4v) is 4.40. The first-order valence-corrected chi connectivity index (χ1v) is 10.1. The summed E-state index contributed by atoms with van der Waals surface area (Å²) in [5.41, 5.74) is 2.16. The normalized spacial score (nSPS) is 22.1. The first-order chi connectivity index (χ1) is 13.0. The molecular formula is C21H30N4O2. The van der Waals surface area contributed by atoms with Gasteiger partial charge in [-0.1, -0.05) is 0 Å².